The van der Waals surface area contributed by atoms with Gasteiger partial charge in [-0.1, -0.05) is 18.5 Å². The summed E-state index contributed by atoms with van der Waals surface area (Å²) in [6, 6.07) is 3.33. The van der Waals surface area contributed by atoms with Gasteiger partial charge in [0.05, 0.1) is 17.4 Å². The van der Waals surface area contributed by atoms with Crippen molar-refractivity contribution in [1.29, 1.82) is 0 Å². The van der Waals surface area contributed by atoms with Crippen LogP contribution in [0.1, 0.15) is 37.9 Å². The van der Waals surface area contributed by atoms with Gasteiger partial charge < -0.3 is 10.1 Å². The number of sulfone groups is 1. The normalized spacial score (nSPS) is 16.4. The molecule has 4 nitrogen and oxygen atoms in total. The molecule has 118 valence electrons. The van der Waals surface area contributed by atoms with E-state index in [1.165, 1.54) is 6.26 Å². The molecule has 2 rings (SSSR count). The van der Waals surface area contributed by atoms with Gasteiger partial charge in [-0.2, -0.15) is 0 Å². The maximum Gasteiger partial charge on any atom is 0.154 e. The Hall–Kier alpha value is -0.780. The Morgan fingerprint density at radius 3 is 2.67 bits per heavy atom. The third-order valence-electron chi connectivity index (χ3n) is 4.15. The molecule has 1 aliphatic rings. The van der Waals surface area contributed by atoms with Crippen LogP contribution in [0.5, 0.6) is 5.75 Å². The third-order valence-corrected chi connectivity index (χ3v) is 6.51. The minimum absolute atomic E-state index is 0.372. The van der Waals surface area contributed by atoms with Gasteiger partial charge in [-0.05, 0) is 38.1 Å². The number of fused-ring (bicyclic) bond motifs is 1. The fourth-order valence-electron chi connectivity index (χ4n) is 2.66. The first-order chi connectivity index (χ1) is 9.68. The lowest BCUT2D eigenvalue weighted by atomic mass is 9.92. The van der Waals surface area contributed by atoms with Crippen molar-refractivity contribution in [3.8, 4) is 5.75 Å². The summed E-state index contributed by atoms with van der Waals surface area (Å²) in [5.41, 5.74) is 1.87. The van der Waals surface area contributed by atoms with Crippen LogP contribution in [0.25, 0.3) is 0 Å². The van der Waals surface area contributed by atoms with E-state index in [2.05, 4.69) is 5.32 Å². The van der Waals surface area contributed by atoms with Crippen LogP contribution in [0.4, 0.5) is 0 Å². The van der Waals surface area contributed by atoms with Crippen molar-refractivity contribution < 1.29 is 13.2 Å². The molecule has 0 aliphatic carbocycles. The minimum Gasteiger partial charge on any atom is -0.493 e. The monoisotopic (exact) mass is 331 g/mol. The lowest BCUT2D eigenvalue weighted by Gasteiger charge is -2.34. The van der Waals surface area contributed by atoms with Crippen LogP contribution in [-0.4, -0.2) is 32.6 Å². The summed E-state index contributed by atoms with van der Waals surface area (Å²) < 4.78 is 29.2. The van der Waals surface area contributed by atoms with Crippen LogP contribution in [0, 0.1) is 0 Å². The molecule has 0 bridgehead atoms. The quantitative estimate of drug-likeness (QED) is 0.901. The van der Waals surface area contributed by atoms with Gasteiger partial charge in [-0.3, -0.25) is 0 Å². The summed E-state index contributed by atoms with van der Waals surface area (Å²) in [6.07, 6.45) is 2.07. The van der Waals surface area contributed by atoms with Crippen LogP contribution < -0.4 is 10.1 Å². The molecule has 0 spiro atoms. The predicted molar refractivity (Wildman–Crippen MR) is 86.0 cm³/mol. The highest BCUT2D eigenvalue weighted by Crippen LogP contribution is 2.42. The van der Waals surface area contributed by atoms with Crippen LogP contribution in [0.15, 0.2) is 12.1 Å². The van der Waals surface area contributed by atoms with E-state index in [0.29, 0.717) is 18.2 Å². The molecule has 0 aromatic heterocycles. The fraction of sp³-hybridized carbons (Fsp3) is 0.600. The molecular weight excluding hydrogens is 310 g/mol. The maximum absolute atomic E-state index is 12.2. The SMILES string of the molecule is CCNC(c1cc(Cl)cc2c1OCC2)C(C)(C)S(C)(=O)=O. The molecule has 1 heterocycles. The summed E-state index contributed by atoms with van der Waals surface area (Å²) in [6.45, 7) is 6.69. The van der Waals surface area contributed by atoms with Crippen molar-refractivity contribution in [2.75, 3.05) is 19.4 Å². The van der Waals surface area contributed by atoms with Gasteiger partial charge in [0.2, 0.25) is 0 Å². The van der Waals surface area contributed by atoms with E-state index in [0.717, 1.165) is 23.3 Å². The van der Waals surface area contributed by atoms with E-state index in [-0.39, 0.29) is 6.04 Å². The summed E-state index contributed by atoms with van der Waals surface area (Å²) in [7, 11) is -3.26. The summed E-state index contributed by atoms with van der Waals surface area (Å²) in [5.74, 6) is 0.780. The second kappa shape index (κ2) is 5.78. The molecule has 6 heteroatoms. The lowest BCUT2D eigenvalue weighted by Crippen LogP contribution is -2.45. The van der Waals surface area contributed by atoms with E-state index >= 15 is 0 Å². The molecule has 0 fully saturated rings. The smallest absolute Gasteiger partial charge is 0.154 e. The van der Waals surface area contributed by atoms with Crippen molar-refractivity contribution in [2.45, 2.75) is 38.0 Å². The lowest BCUT2D eigenvalue weighted by molar-refractivity contribution is 0.341. The van der Waals surface area contributed by atoms with Crippen molar-refractivity contribution in [3.05, 3.63) is 28.3 Å². The molecule has 0 radical (unpaired) electrons. The highest BCUT2D eigenvalue weighted by molar-refractivity contribution is 7.92. The molecule has 0 amide bonds. The van der Waals surface area contributed by atoms with E-state index in [1.807, 2.05) is 19.1 Å². The van der Waals surface area contributed by atoms with Gasteiger partial charge in [0.15, 0.2) is 9.84 Å². The molecular formula is C15H22ClNO3S. The number of hydrogen-bond acceptors (Lipinski definition) is 4. The van der Waals surface area contributed by atoms with Crippen LogP contribution in [-0.2, 0) is 16.3 Å². The van der Waals surface area contributed by atoms with E-state index in [4.69, 9.17) is 16.3 Å². The summed E-state index contributed by atoms with van der Waals surface area (Å²) >= 11 is 6.20. The molecule has 1 atom stereocenters. The zero-order valence-corrected chi connectivity index (χ0v) is 14.4. The minimum atomic E-state index is -3.26. The molecule has 0 saturated carbocycles. The zero-order valence-electron chi connectivity index (χ0n) is 12.9. The Labute approximate surface area is 131 Å². The molecule has 1 N–H and O–H groups in total. The second-order valence-electron chi connectivity index (χ2n) is 5.95. The Morgan fingerprint density at radius 2 is 2.10 bits per heavy atom. The topological polar surface area (TPSA) is 55.4 Å². The number of rotatable bonds is 5. The number of halogens is 1. The molecule has 21 heavy (non-hydrogen) atoms. The maximum atomic E-state index is 12.2. The molecule has 1 aliphatic heterocycles. The second-order valence-corrected chi connectivity index (χ2v) is 8.98. The van der Waals surface area contributed by atoms with Crippen molar-refractivity contribution >= 4 is 21.4 Å². The van der Waals surface area contributed by atoms with Gasteiger partial charge in [0.1, 0.15) is 5.75 Å². The standard InChI is InChI=1S/C15H22ClNO3S/c1-5-17-14(15(2,3)21(4,18)19)12-9-11(16)8-10-6-7-20-13(10)12/h8-9,14,17H,5-7H2,1-4H3. The van der Waals surface area contributed by atoms with Crippen LogP contribution in [0.3, 0.4) is 0 Å². The highest BCUT2D eigenvalue weighted by atomic mass is 35.5. The van der Waals surface area contributed by atoms with Gasteiger partial charge in [0, 0.05) is 23.3 Å². The average molecular weight is 332 g/mol. The van der Waals surface area contributed by atoms with Crippen molar-refractivity contribution in [3.63, 3.8) is 0 Å². The summed E-state index contributed by atoms with van der Waals surface area (Å²) in [5, 5.41) is 3.90. The molecule has 1 unspecified atom stereocenters. The van der Waals surface area contributed by atoms with Crippen LogP contribution >= 0.6 is 11.6 Å². The predicted octanol–water partition coefficient (Wildman–Crippen LogP) is 2.75. The highest BCUT2D eigenvalue weighted by Gasteiger charge is 2.41. The van der Waals surface area contributed by atoms with Gasteiger partial charge in [-0.25, -0.2) is 8.42 Å². The Bertz CT molecular complexity index is 641. The Balaban J connectivity index is 2.60. The Morgan fingerprint density at radius 1 is 1.43 bits per heavy atom. The molecule has 1 aromatic carbocycles. The van der Waals surface area contributed by atoms with Gasteiger partial charge >= 0.3 is 0 Å². The van der Waals surface area contributed by atoms with E-state index in [9.17, 15) is 8.42 Å². The number of hydrogen-bond donors (Lipinski definition) is 1. The van der Waals surface area contributed by atoms with E-state index < -0.39 is 14.6 Å². The average Bonchev–Trinajstić information content (AvgIpc) is 2.81. The number of nitrogens with one attached hydrogen (secondary N) is 1. The fourth-order valence-corrected chi connectivity index (χ4v) is 3.55. The van der Waals surface area contributed by atoms with E-state index in [1.54, 1.807) is 13.8 Å². The van der Waals surface area contributed by atoms with Gasteiger partial charge in [-0.15, -0.1) is 0 Å². The zero-order chi connectivity index (χ0) is 15.8. The first-order valence-electron chi connectivity index (χ1n) is 7.06. The molecule has 1 aromatic rings. The first kappa shape index (κ1) is 16.6. The molecule has 0 saturated heterocycles. The summed E-state index contributed by atoms with van der Waals surface area (Å²) in [4.78, 5) is 0. The first-order valence-corrected chi connectivity index (χ1v) is 9.33. The number of benzene rings is 1. The van der Waals surface area contributed by atoms with Gasteiger partial charge in [0.25, 0.3) is 0 Å². The largest absolute Gasteiger partial charge is 0.493 e. The third kappa shape index (κ3) is 3.05. The van der Waals surface area contributed by atoms with Crippen LogP contribution in [0.2, 0.25) is 5.02 Å². The van der Waals surface area contributed by atoms with Crippen molar-refractivity contribution in [2.24, 2.45) is 0 Å². The van der Waals surface area contributed by atoms with Crippen molar-refractivity contribution in [1.82, 2.24) is 5.32 Å². The number of ether oxygens (including phenoxy) is 1. The Kier molecular flexibility index (Phi) is 4.57.